The molecule has 146 valence electrons. The third kappa shape index (κ3) is 3.20. The summed E-state index contributed by atoms with van der Waals surface area (Å²) in [5.74, 6) is 0.101. The van der Waals surface area contributed by atoms with Gasteiger partial charge >= 0.3 is 7.12 Å². The summed E-state index contributed by atoms with van der Waals surface area (Å²) in [5.41, 5.74) is -1.37. The Bertz CT molecular complexity index is 771. The first-order valence-electron chi connectivity index (χ1n) is 9.56. The van der Waals surface area contributed by atoms with Crippen molar-refractivity contribution in [1.29, 1.82) is 0 Å². The second-order valence-electron chi connectivity index (χ2n) is 8.77. The molecule has 3 heterocycles. The zero-order valence-corrected chi connectivity index (χ0v) is 16.3. The number of halogens is 2. The van der Waals surface area contributed by atoms with Crippen LogP contribution in [0, 0.1) is 5.82 Å². The van der Waals surface area contributed by atoms with Gasteiger partial charge in [0.25, 0.3) is 0 Å². The highest BCUT2D eigenvalue weighted by molar-refractivity contribution is 6.55. The fourth-order valence-electron chi connectivity index (χ4n) is 3.98. The molecule has 1 N–H and O–H groups in total. The Labute approximate surface area is 159 Å². The van der Waals surface area contributed by atoms with Crippen LogP contribution < -0.4 is 10.1 Å². The molecular weight excluding hydrogens is 351 g/mol. The van der Waals surface area contributed by atoms with Gasteiger partial charge in [-0.3, -0.25) is 0 Å². The van der Waals surface area contributed by atoms with E-state index in [2.05, 4.69) is 5.32 Å². The van der Waals surface area contributed by atoms with Crippen molar-refractivity contribution >= 4 is 12.7 Å². The normalized spacial score (nSPS) is 27.3. The van der Waals surface area contributed by atoms with Gasteiger partial charge in [-0.1, -0.05) is 0 Å². The lowest BCUT2D eigenvalue weighted by Crippen LogP contribution is -2.48. The van der Waals surface area contributed by atoms with Crippen molar-refractivity contribution in [2.75, 3.05) is 13.1 Å². The van der Waals surface area contributed by atoms with Gasteiger partial charge in [-0.2, -0.15) is 0 Å². The number of ether oxygens (including phenoxy) is 1. The molecule has 0 amide bonds. The molecule has 4 nitrogen and oxygen atoms in total. The van der Waals surface area contributed by atoms with Crippen molar-refractivity contribution in [3.63, 3.8) is 0 Å². The average molecular weight is 377 g/mol. The summed E-state index contributed by atoms with van der Waals surface area (Å²) in [5, 5.41) is 3.31. The van der Waals surface area contributed by atoms with Gasteiger partial charge in [0.05, 0.1) is 11.2 Å². The Balaban J connectivity index is 1.78. The van der Waals surface area contributed by atoms with Gasteiger partial charge < -0.3 is 19.4 Å². The number of rotatable bonds is 1. The number of nitrogens with one attached hydrogen (secondary N) is 1. The van der Waals surface area contributed by atoms with E-state index < -0.39 is 35.5 Å². The molecule has 7 heteroatoms. The van der Waals surface area contributed by atoms with E-state index in [1.807, 2.05) is 27.7 Å². The first-order chi connectivity index (χ1) is 12.6. The third-order valence-electron chi connectivity index (χ3n) is 6.36. The number of piperidine rings is 1. The van der Waals surface area contributed by atoms with Crippen LogP contribution in [-0.2, 0) is 9.31 Å². The van der Waals surface area contributed by atoms with E-state index in [4.69, 9.17) is 14.0 Å². The van der Waals surface area contributed by atoms with Crippen molar-refractivity contribution < 1.29 is 22.8 Å². The van der Waals surface area contributed by atoms with Crippen molar-refractivity contribution in [1.82, 2.24) is 5.32 Å². The Morgan fingerprint density at radius 1 is 1.07 bits per heavy atom. The van der Waals surface area contributed by atoms with Gasteiger partial charge in [0, 0.05) is 12.0 Å². The highest BCUT2D eigenvalue weighted by Gasteiger charge is 2.54. The standard InChI is InChI=1S/C20H26BF2NO3/c1-18(2)19(3,4)27-21(26-18)17(23)15-12-20(7-9-24-10-8-20)25-16-6-5-13(22)11-14(15)16/h5-6,11,24H,7-10,12H2,1-4H3. The Hall–Kier alpha value is -1.44. The van der Waals surface area contributed by atoms with E-state index in [9.17, 15) is 4.39 Å². The van der Waals surface area contributed by atoms with Crippen molar-refractivity contribution in [3.8, 4) is 5.75 Å². The predicted octanol–water partition coefficient (Wildman–Crippen LogP) is 4.04. The maximum Gasteiger partial charge on any atom is 0.525 e. The van der Waals surface area contributed by atoms with Crippen LogP contribution in [-0.4, -0.2) is 37.0 Å². The summed E-state index contributed by atoms with van der Waals surface area (Å²) >= 11 is 0. The zero-order valence-electron chi connectivity index (χ0n) is 16.3. The third-order valence-corrected chi connectivity index (χ3v) is 6.36. The van der Waals surface area contributed by atoms with E-state index in [0.717, 1.165) is 25.9 Å². The second kappa shape index (κ2) is 6.29. The van der Waals surface area contributed by atoms with Gasteiger partial charge in [-0.05, 0) is 77.4 Å². The van der Waals surface area contributed by atoms with Crippen LogP contribution >= 0.6 is 0 Å². The van der Waals surface area contributed by atoms with Crippen LogP contribution in [0.25, 0.3) is 5.57 Å². The molecule has 0 atom stereocenters. The maximum atomic E-state index is 15.7. The number of benzene rings is 1. The minimum absolute atomic E-state index is 0.376. The number of hydrogen-bond acceptors (Lipinski definition) is 4. The van der Waals surface area contributed by atoms with Crippen LogP contribution in [0.3, 0.4) is 0 Å². The van der Waals surface area contributed by atoms with Crippen molar-refractivity contribution in [2.45, 2.75) is 63.8 Å². The number of fused-ring (bicyclic) bond motifs is 1. The fraction of sp³-hybridized carbons (Fsp3) is 0.600. The molecule has 1 aromatic rings. The summed E-state index contributed by atoms with van der Waals surface area (Å²) in [6.45, 7) is 9.16. The van der Waals surface area contributed by atoms with E-state index in [1.165, 1.54) is 12.1 Å². The molecule has 1 aromatic carbocycles. The molecule has 0 aromatic heterocycles. The van der Waals surface area contributed by atoms with Crippen molar-refractivity contribution in [2.24, 2.45) is 0 Å². The minimum Gasteiger partial charge on any atom is -0.486 e. The molecule has 2 fully saturated rings. The van der Waals surface area contributed by atoms with E-state index in [0.29, 0.717) is 23.3 Å². The molecule has 0 bridgehead atoms. The quantitative estimate of drug-likeness (QED) is 0.750. The largest absolute Gasteiger partial charge is 0.525 e. The van der Waals surface area contributed by atoms with Crippen LogP contribution in [0.4, 0.5) is 8.78 Å². The Morgan fingerprint density at radius 2 is 1.70 bits per heavy atom. The molecular formula is C20H26BF2NO3. The average Bonchev–Trinajstić information content (AvgIpc) is 2.82. The lowest BCUT2D eigenvalue weighted by Gasteiger charge is -2.42. The van der Waals surface area contributed by atoms with Gasteiger partial charge in [0.1, 0.15) is 22.9 Å². The van der Waals surface area contributed by atoms with Gasteiger partial charge in [0.2, 0.25) is 0 Å². The predicted molar refractivity (Wildman–Crippen MR) is 101 cm³/mol. The van der Waals surface area contributed by atoms with Crippen LogP contribution in [0.1, 0.15) is 52.5 Å². The fourth-order valence-corrected chi connectivity index (χ4v) is 3.98. The minimum atomic E-state index is -1.10. The summed E-state index contributed by atoms with van der Waals surface area (Å²) in [6.07, 6.45) is 1.91. The summed E-state index contributed by atoms with van der Waals surface area (Å²) in [6, 6.07) is 4.28. The van der Waals surface area contributed by atoms with E-state index in [1.54, 1.807) is 6.07 Å². The highest BCUT2D eigenvalue weighted by atomic mass is 19.1. The van der Waals surface area contributed by atoms with Crippen LogP contribution in [0.5, 0.6) is 5.75 Å². The van der Waals surface area contributed by atoms with Gasteiger partial charge in [-0.25, -0.2) is 8.78 Å². The maximum absolute atomic E-state index is 15.7. The molecule has 0 aliphatic carbocycles. The summed E-state index contributed by atoms with van der Waals surface area (Å²) < 4.78 is 47.6. The Kier molecular flexibility index (Phi) is 4.41. The number of hydrogen-bond donors (Lipinski definition) is 1. The van der Waals surface area contributed by atoms with Crippen LogP contribution in [0.15, 0.2) is 23.9 Å². The second-order valence-corrected chi connectivity index (χ2v) is 8.77. The Morgan fingerprint density at radius 3 is 2.33 bits per heavy atom. The smallest absolute Gasteiger partial charge is 0.486 e. The molecule has 0 saturated carbocycles. The molecule has 27 heavy (non-hydrogen) atoms. The van der Waals surface area contributed by atoms with Gasteiger partial charge in [0.15, 0.2) is 0 Å². The summed E-state index contributed by atoms with van der Waals surface area (Å²) in [4.78, 5) is 0. The van der Waals surface area contributed by atoms with Crippen molar-refractivity contribution in [3.05, 3.63) is 35.3 Å². The van der Waals surface area contributed by atoms with E-state index in [-0.39, 0.29) is 0 Å². The van der Waals surface area contributed by atoms with Gasteiger partial charge in [-0.15, -0.1) is 0 Å². The lowest BCUT2D eigenvalue weighted by molar-refractivity contribution is 0.00578. The first-order valence-corrected chi connectivity index (χ1v) is 9.56. The molecule has 3 aliphatic rings. The topological polar surface area (TPSA) is 39.7 Å². The molecule has 3 aliphatic heterocycles. The van der Waals surface area contributed by atoms with Crippen LogP contribution in [0.2, 0.25) is 0 Å². The van der Waals surface area contributed by atoms with E-state index >= 15 is 4.39 Å². The molecule has 1 spiro atoms. The molecule has 0 radical (unpaired) electrons. The highest BCUT2D eigenvalue weighted by Crippen LogP contribution is 2.48. The first kappa shape index (κ1) is 18.9. The molecule has 2 saturated heterocycles. The molecule has 0 unspecified atom stereocenters. The molecule has 4 rings (SSSR count). The monoisotopic (exact) mass is 377 g/mol. The SMILES string of the molecule is CC1(C)OB(C(F)=C2CC3(CCNCC3)Oc3ccc(F)cc32)OC1(C)C. The zero-order chi connectivity index (χ0) is 19.4. The lowest BCUT2D eigenvalue weighted by atomic mass is 9.75. The summed E-state index contributed by atoms with van der Waals surface area (Å²) in [7, 11) is -1.10.